The normalized spacial score (nSPS) is 14.9. The van der Waals surface area contributed by atoms with Crippen LogP contribution >= 0.6 is 11.6 Å². The van der Waals surface area contributed by atoms with Crippen molar-refractivity contribution in [1.82, 2.24) is 4.90 Å². The van der Waals surface area contributed by atoms with E-state index in [1.54, 1.807) is 36.4 Å². The van der Waals surface area contributed by atoms with Gasteiger partial charge in [-0.25, -0.2) is 4.39 Å². The van der Waals surface area contributed by atoms with Crippen LogP contribution < -0.4 is 14.8 Å². The highest BCUT2D eigenvalue weighted by Crippen LogP contribution is 2.35. The molecule has 2 amide bonds. The van der Waals surface area contributed by atoms with Gasteiger partial charge in [-0.2, -0.15) is 0 Å². The SMILES string of the molecule is Cc1cc(Cl)ccc1NC1=C(c2ccc(F)cc2)C(=O)N(Cc2ccc3c(c2)OCO3)C1=O. The van der Waals surface area contributed by atoms with Gasteiger partial charge in [-0.15, -0.1) is 0 Å². The Morgan fingerprint density at radius 2 is 1.73 bits per heavy atom. The Hall–Kier alpha value is -3.84. The van der Waals surface area contributed by atoms with Crippen LogP contribution in [0.4, 0.5) is 10.1 Å². The fourth-order valence-electron chi connectivity index (χ4n) is 3.84. The summed E-state index contributed by atoms with van der Waals surface area (Å²) in [5, 5.41) is 3.67. The third-order valence-electron chi connectivity index (χ3n) is 5.53. The molecule has 0 radical (unpaired) electrons. The molecule has 6 nitrogen and oxygen atoms in total. The number of halogens is 2. The number of ether oxygens (including phenoxy) is 2. The standard InChI is InChI=1S/C25H18ClFN2O4/c1-14-10-17(26)5-8-19(14)28-23-22(16-3-6-18(27)7-4-16)24(30)29(25(23)31)12-15-2-9-20-21(11-15)33-13-32-20/h2-11,28H,12-13H2,1H3. The predicted molar refractivity (Wildman–Crippen MR) is 121 cm³/mol. The van der Waals surface area contributed by atoms with Gasteiger partial charge in [0, 0.05) is 10.7 Å². The first-order valence-corrected chi connectivity index (χ1v) is 10.6. The van der Waals surface area contributed by atoms with Crippen molar-refractivity contribution in [1.29, 1.82) is 0 Å². The average Bonchev–Trinajstić information content (AvgIpc) is 3.35. The number of rotatable bonds is 5. The lowest BCUT2D eigenvalue weighted by Crippen LogP contribution is -2.32. The minimum atomic E-state index is -0.480. The van der Waals surface area contributed by atoms with Crippen molar-refractivity contribution in [2.45, 2.75) is 13.5 Å². The molecule has 3 aromatic carbocycles. The molecule has 5 rings (SSSR count). The minimum absolute atomic E-state index is 0.0454. The van der Waals surface area contributed by atoms with E-state index in [0.29, 0.717) is 33.3 Å². The highest BCUT2D eigenvalue weighted by molar-refractivity contribution is 6.36. The average molecular weight is 465 g/mol. The van der Waals surface area contributed by atoms with Crippen LogP contribution in [0.5, 0.6) is 11.5 Å². The molecule has 1 N–H and O–H groups in total. The van der Waals surface area contributed by atoms with E-state index in [1.165, 1.54) is 24.3 Å². The number of hydrogen-bond acceptors (Lipinski definition) is 5. The molecule has 8 heteroatoms. The molecular formula is C25H18ClFN2O4. The summed E-state index contributed by atoms with van der Waals surface area (Å²) in [7, 11) is 0. The van der Waals surface area contributed by atoms with E-state index in [9.17, 15) is 14.0 Å². The second-order valence-electron chi connectivity index (χ2n) is 7.73. The van der Waals surface area contributed by atoms with Gasteiger partial charge in [-0.05, 0) is 66.1 Å². The van der Waals surface area contributed by atoms with E-state index in [1.807, 2.05) is 6.92 Å². The van der Waals surface area contributed by atoms with Gasteiger partial charge in [-0.3, -0.25) is 14.5 Å². The molecule has 3 aromatic rings. The molecule has 0 aromatic heterocycles. The van der Waals surface area contributed by atoms with Crippen LogP contribution in [0, 0.1) is 12.7 Å². The molecule has 0 saturated heterocycles. The van der Waals surface area contributed by atoms with Gasteiger partial charge in [0.15, 0.2) is 11.5 Å². The Balaban J connectivity index is 1.52. The molecule has 2 aliphatic heterocycles. The Labute approximate surface area is 194 Å². The number of amides is 2. The van der Waals surface area contributed by atoms with E-state index in [4.69, 9.17) is 21.1 Å². The third kappa shape index (κ3) is 3.91. The van der Waals surface area contributed by atoms with Crippen LogP contribution in [0.25, 0.3) is 5.57 Å². The number of carbonyl (C=O) groups excluding carboxylic acids is 2. The quantitative estimate of drug-likeness (QED) is 0.543. The molecule has 2 heterocycles. The van der Waals surface area contributed by atoms with Gasteiger partial charge in [0.1, 0.15) is 11.5 Å². The van der Waals surface area contributed by atoms with Crippen molar-refractivity contribution in [2.75, 3.05) is 12.1 Å². The van der Waals surface area contributed by atoms with Gasteiger partial charge >= 0.3 is 0 Å². The first-order chi connectivity index (χ1) is 15.9. The lowest BCUT2D eigenvalue weighted by atomic mass is 10.0. The van der Waals surface area contributed by atoms with Crippen LogP contribution in [-0.2, 0) is 16.1 Å². The summed E-state index contributed by atoms with van der Waals surface area (Å²) in [6, 6.07) is 15.9. The summed E-state index contributed by atoms with van der Waals surface area (Å²) in [6.07, 6.45) is 0. The third-order valence-corrected chi connectivity index (χ3v) is 5.76. The van der Waals surface area contributed by atoms with Crippen molar-refractivity contribution < 1.29 is 23.5 Å². The number of fused-ring (bicyclic) bond motifs is 1. The number of benzene rings is 3. The summed E-state index contributed by atoms with van der Waals surface area (Å²) in [5.41, 5.74) is 2.90. The molecule has 2 aliphatic rings. The lowest BCUT2D eigenvalue weighted by Gasteiger charge is -2.16. The summed E-state index contributed by atoms with van der Waals surface area (Å²) >= 11 is 6.05. The molecule has 0 saturated carbocycles. The summed E-state index contributed by atoms with van der Waals surface area (Å²) in [5.74, 6) is -0.210. The van der Waals surface area contributed by atoms with Gasteiger partial charge in [0.2, 0.25) is 6.79 Å². The second kappa shape index (κ2) is 8.26. The fraction of sp³-hybridized carbons (Fsp3) is 0.120. The highest BCUT2D eigenvalue weighted by Gasteiger charge is 2.39. The summed E-state index contributed by atoms with van der Waals surface area (Å²) in [6.45, 7) is 2.02. The number of hydrogen-bond donors (Lipinski definition) is 1. The molecule has 0 bridgehead atoms. The van der Waals surface area contributed by atoms with Crippen LogP contribution in [0.3, 0.4) is 0 Å². The summed E-state index contributed by atoms with van der Waals surface area (Å²) < 4.78 is 24.3. The van der Waals surface area contributed by atoms with Crippen molar-refractivity contribution in [3.8, 4) is 11.5 Å². The van der Waals surface area contributed by atoms with Crippen molar-refractivity contribution in [3.05, 3.63) is 93.9 Å². The molecular weight excluding hydrogens is 447 g/mol. The van der Waals surface area contributed by atoms with Crippen molar-refractivity contribution in [3.63, 3.8) is 0 Å². The van der Waals surface area contributed by atoms with Gasteiger partial charge in [0.05, 0.1) is 12.1 Å². The van der Waals surface area contributed by atoms with Crippen molar-refractivity contribution >= 4 is 34.7 Å². The van der Waals surface area contributed by atoms with Gasteiger partial charge < -0.3 is 14.8 Å². The van der Waals surface area contributed by atoms with E-state index in [0.717, 1.165) is 10.5 Å². The minimum Gasteiger partial charge on any atom is -0.454 e. The molecule has 0 fully saturated rings. The lowest BCUT2D eigenvalue weighted by molar-refractivity contribution is -0.137. The Morgan fingerprint density at radius 1 is 0.970 bits per heavy atom. The topological polar surface area (TPSA) is 67.9 Å². The van der Waals surface area contributed by atoms with Crippen LogP contribution in [0.2, 0.25) is 5.02 Å². The van der Waals surface area contributed by atoms with Crippen LogP contribution in [-0.4, -0.2) is 23.5 Å². The smallest absolute Gasteiger partial charge is 0.278 e. The zero-order valence-corrected chi connectivity index (χ0v) is 18.3. The Bertz CT molecular complexity index is 1320. The fourth-order valence-corrected chi connectivity index (χ4v) is 4.07. The zero-order chi connectivity index (χ0) is 23.1. The number of nitrogens with zero attached hydrogens (tertiary/aromatic N) is 1. The highest BCUT2D eigenvalue weighted by atomic mass is 35.5. The summed E-state index contributed by atoms with van der Waals surface area (Å²) in [4.78, 5) is 28.0. The predicted octanol–water partition coefficient (Wildman–Crippen LogP) is 4.91. The van der Waals surface area contributed by atoms with Crippen molar-refractivity contribution in [2.24, 2.45) is 0 Å². The molecule has 0 aliphatic carbocycles. The molecule has 0 atom stereocenters. The van der Waals surface area contributed by atoms with Crippen LogP contribution in [0.1, 0.15) is 16.7 Å². The largest absolute Gasteiger partial charge is 0.454 e. The second-order valence-corrected chi connectivity index (χ2v) is 8.16. The number of anilines is 1. The van der Waals surface area contributed by atoms with Crippen LogP contribution in [0.15, 0.2) is 66.4 Å². The maximum absolute atomic E-state index is 13.5. The molecule has 166 valence electrons. The van der Waals surface area contributed by atoms with E-state index < -0.39 is 17.6 Å². The Morgan fingerprint density at radius 3 is 2.48 bits per heavy atom. The number of nitrogens with one attached hydrogen (secondary N) is 1. The maximum Gasteiger partial charge on any atom is 0.278 e. The van der Waals surface area contributed by atoms with Gasteiger partial charge in [-0.1, -0.05) is 29.8 Å². The van der Waals surface area contributed by atoms with E-state index in [2.05, 4.69) is 5.32 Å². The molecule has 0 spiro atoms. The maximum atomic E-state index is 13.5. The number of carbonyl (C=O) groups is 2. The Kier molecular flexibility index (Phi) is 5.26. The number of aryl methyl sites for hydroxylation is 1. The first kappa shape index (κ1) is 21.0. The first-order valence-electron chi connectivity index (χ1n) is 10.2. The molecule has 33 heavy (non-hydrogen) atoms. The zero-order valence-electron chi connectivity index (χ0n) is 17.5. The van der Waals surface area contributed by atoms with E-state index >= 15 is 0 Å². The monoisotopic (exact) mass is 464 g/mol. The van der Waals surface area contributed by atoms with Gasteiger partial charge in [0.25, 0.3) is 11.8 Å². The van der Waals surface area contributed by atoms with E-state index in [-0.39, 0.29) is 24.6 Å². The number of imide groups is 1. The molecule has 0 unspecified atom stereocenters.